The van der Waals surface area contributed by atoms with Gasteiger partial charge < -0.3 is 30.7 Å². The zero-order valence-corrected chi connectivity index (χ0v) is 15.5. The van der Waals surface area contributed by atoms with Crippen LogP contribution in [0.15, 0.2) is 0 Å². The van der Waals surface area contributed by atoms with E-state index >= 15 is 0 Å². The summed E-state index contributed by atoms with van der Waals surface area (Å²) >= 11 is 0. The zero-order valence-electron chi connectivity index (χ0n) is 12.4. The van der Waals surface area contributed by atoms with Crippen LogP contribution in [-0.4, -0.2) is 93.7 Å². The van der Waals surface area contributed by atoms with Gasteiger partial charge in [0.15, 0.2) is 0 Å². The van der Waals surface area contributed by atoms with Crippen LogP contribution in [0.4, 0.5) is 0 Å². The fourth-order valence-electron chi connectivity index (χ4n) is 1.47. The van der Waals surface area contributed by atoms with Crippen molar-refractivity contribution in [1.82, 2.24) is 9.80 Å². The first kappa shape index (κ1) is 30.2. The smallest absolute Gasteiger partial charge is 0.549 e. The van der Waals surface area contributed by atoms with Crippen molar-refractivity contribution in [3.8, 4) is 0 Å². The SMILES string of the molecule is O.O=C([O-])CN(CCN(CC(=O)O)CC(=O)O)CC(=O)O.[Fe].[Na+]. The number of carboxylic acids is 4. The zero-order chi connectivity index (χ0) is 15.7. The first-order chi connectivity index (χ1) is 9.20. The van der Waals surface area contributed by atoms with Gasteiger partial charge in [-0.05, 0) is 0 Å². The number of hydrogen-bond donors (Lipinski definition) is 3. The summed E-state index contributed by atoms with van der Waals surface area (Å²) in [5.41, 5.74) is 0. The van der Waals surface area contributed by atoms with Crippen molar-refractivity contribution < 1.29 is 91.7 Å². The van der Waals surface area contributed by atoms with Crippen LogP contribution in [0.3, 0.4) is 0 Å². The third-order valence-corrected chi connectivity index (χ3v) is 2.16. The van der Waals surface area contributed by atoms with Crippen molar-refractivity contribution in [3.05, 3.63) is 0 Å². The van der Waals surface area contributed by atoms with E-state index in [0.29, 0.717) is 0 Å². The molecule has 0 amide bonds. The van der Waals surface area contributed by atoms with Crippen molar-refractivity contribution in [2.75, 3.05) is 39.3 Å². The average molecular weight is 388 g/mol. The minimum atomic E-state index is -1.48. The Morgan fingerprint density at radius 1 is 0.739 bits per heavy atom. The summed E-state index contributed by atoms with van der Waals surface area (Å²) in [6, 6.07) is 0. The molecule has 0 aromatic heterocycles. The van der Waals surface area contributed by atoms with E-state index in [4.69, 9.17) is 15.3 Å². The van der Waals surface area contributed by atoms with Gasteiger partial charge in [-0.2, -0.15) is 0 Å². The molecule has 0 aliphatic rings. The van der Waals surface area contributed by atoms with E-state index in [9.17, 15) is 24.3 Å². The van der Waals surface area contributed by atoms with E-state index in [0.717, 1.165) is 9.80 Å². The Bertz CT molecular complexity index is 329. The van der Waals surface area contributed by atoms with Crippen LogP contribution in [0.1, 0.15) is 0 Å². The Balaban J connectivity index is -0.000000602. The van der Waals surface area contributed by atoms with Crippen LogP contribution in [0.25, 0.3) is 0 Å². The standard InChI is InChI=1S/C10H16N2O8.Fe.Na.H2O/c13-7(14)3-11(4-8(15)16)1-2-12(5-9(17)18)6-10(19)20;;;/h1-6H2,(H,13,14)(H,15,16)(H,17,18)(H,19,20);;;1H2/q;;+1;/p-1. The molecule has 0 spiro atoms. The van der Waals surface area contributed by atoms with Gasteiger partial charge in [-0.15, -0.1) is 0 Å². The minimum Gasteiger partial charge on any atom is -0.549 e. The van der Waals surface area contributed by atoms with Gasteiger partial charge in [0.2, 0.25) is 0 Å². The molecule has 0 fully saturated rings. The van der Waals surface area contributed by atoms with Gasteiger partial charge in [-0.1, -0.05) is 0 Å². The Labute approximate surface area is 164 Å². The van der Waals surface area contributed by atoms with Crippen molar-refractivity contribution in [3.63, 3.8) is 0 Å². The maximum Gasteiger partial charge on any atom is 1.00 e. The third-order valence-electron chi connectivity index (χ3n) is 2.16. The summed E-state index contributed by atoms with van der Waals surface area (Å²) in [5, 5.41) is 36.3. The van der Waals surface area contributed by atoms with Crippen molar-refractivity contribution >= 4 is 23.9 Å². The van der Waals surface area contributed by atoms with Gasteiger partial charge in [0.25, 0.3) is 0 Å². The number of aliphatic carboxylic acids is 4. The number of carbonyl (C=O) groups is 4. The third kappa shape index (κ3) is 19.2. The van der Waals surface area contributed by atoms with Crippen LogP contribution in [0.2, 0.25) is 0 Å². The first-order valence-corrected chi connectivity index (χ1v) is 5.50. The number of carbonyl (C=O) groups excluding carboxylic acids is 1. The molecule has 13 heteroatoms. The maximum absolute atomic E-state index is 10.5. The molecule has 0 aromatic rings. The van der Waals surface area contributed by atoms with E-state index in [1.807, 2.05) is 0 Å². The first-order valence-electron chi connectivity index (χ1n) is 5.50. The normalized spacial score (nSPS) is 9.30. The number of rotatable bonds is 11. The molecule has 0 unspecified atom stereocenters. The van der Waals surface area contributed by atoms with Gasteiger partial charge >= 0.3 is 47.5 Å². The Morgan fingerprint density at radius 3 is 1.22 bits per heavy atom. The molecule has 0 bridgehead atoms. The molecular formula is C10H17FeN2NaO9. The van der Waals surface area contributed by atoms with Crippen molar-refractivity contribution in [1.29, 1.82) is 0 Å². The maximum atomic E-state index is 10.5. The van der Waals surface area contributed by atoms with Gasteiger partial charge in [0.1, 0.15) is 0 Å². The van der Waals surface area contributed by atoms with Crippen LogP contribution in [-0.2, 0) is 36.2 Å². The summed E-state index contributed by atoms with van der Waals surface area (Å²) in [4.78, 5) is 44.1. The molecule has 130 valence electrons. The molecule has 0 radical (unpaired) electrons. The Morgan fingerprint density at radius 2 is 1.00 bits per heavy atom. The van der Waals surface area contributed by atoms with Gasteiger partial charge in [0, 0.05) is 36.7 Å². The topological polar surface area (TPSA) is 190 Å². The van der Waals surface area contributed by atoms with Crippen LogP contribution >= 0.6 is 0 Å². The van der Waals surface area contributed by atoms with E-state index in [1.165, 1.54) is 0 Å². The summed E-state index contributed by atoms with van der Waals surface area (Å²) in [6.45, 7) is -2.50. The minimum absolute atomic E-state index is 0. The number of hydrogen-bond acceptors (Lipinski definition) is 7. The van der Waals surface area contributed by atoms with E-state index < -0.39 is 50.1 Å². The fraction of sp³-hybridized carbons (Fsp3) is 0.600. The van der Waals surface area contributed by atoms with Crippen molar-refractivity contribution in [2.24, 2.45) is 0 Å². The molecule has 0 saturated heterocycles. The van der Waals surface area contributed by atoms with Crippen LogP contribution in [0, 0.1) is 0 Å². The Hall–Kier alpha value is -0.721. The molecule has 0 atom stereocenters. The fourth-order valence-corrected chi connectivity index (χ4v) is 1.47. The second kappa shape index (κ2) is 16.1. The number of carboxylic acid groups (broad SMARTS) is 4. The Kier molecular flexibility index (Phi) is 21.2. The predicted molar refractivity (Wildman–Crippen MR) is 64.4 cm³/mol. The molecule has 0 aromatic carbocycles. The molecule has 23 heavy (non-hydrogen) atoms. The van der Waals surface area contributed by atoms with Crippen LogP contribution in [0.5, 0.6) is 0 Å². The monoisotopic (exact) mass is 388 g/mol. The molecule has 0 heterocycles. The predicted octanol–water partition coefficient (Wildman–Crippen LogP) is -7.23. The number of nitrogens with zero attached hydrogens (tertiary/aromatic N) is 2. The van der Waals surface area contributed by atoms with E-state index in [1.54, 1.807) is 0 Å². The van der Waals surface area contributed by atoms with Crippen molar-refractivity contribution in [2.45, 2.75) is 0 Å². The second-order valence-electron chi connectivity index (χ2n) is 3.97. The van der Waals surface area contributed by atoms with E-state index in [-0.39, 0.29) is 65.2 Å². The molecule has 5 N–H and O–H groups in total. The summed E-state index contributed by atoms with van der Waals surface area (Å²) in [7, 11) is 0. The van der Waals surface area contributed by atoms with Gasteiger partial charge in [-0.25, -0.2) is 0 Å². The quantitative estimate of drug-likeness (QED) is 0.287. The van der Waals surface area contributed by atoms with Gasteiger partial charge in [-0.3, -0.25) is 24.2 Å². The summed E-state index contributed by atoms with van der Waals surface area (Å²) in [5.74, 6) is -5.21. The van der Waals surface area contributed by atoms with Crippen LogP contribution < -0.4 is 34.7 Å². The molecule has 11 nitrogen and oxygen atoms in total. The summed E-state index contributed by atoms with van der Waals surface area (Å²) < 4.78 is 0. The molecule has 0 saturated carbocycles. The molecular weight excluding hydrogens is 371 g/mol. The molecule has 0 aliphatic carbocycles. The molecule has 0 aliphatic heterocycles. The average Bonchev–Trinajstić information content (AvgIpc) is 2.22. The largest absolute Gasteiger partial charge is 1.00 e. The van der Waals surface area contributed by atoms with E-state index in [2.05, 4.69) is 0 Å². The molecule has 0 rings (SSSR count). The van der Waals surface area contributed by atoms with Gasteiger partial charge in [0.05, 0.1) is 25.6 Å². The second-order valence-corrected chi connectivity index (χ2v) is 3.97. The summed E-state index contributed by atoms with van der Waals surface area (Å²) in [6.07, 6.45) is 0.